The van der Waals surface area contributed by atoms with Crippen LogP contribution in [-0.2, 0) is 28.2 Å². The van der Waals surface area contributed by atoms with Crippen molar-refractivity contribution < 1.29 is 37.9 Å². The summed E-state index contributed by atoms with van der Waals surface area (Å²) in [5, 5.41) is 0. The second-order valence-electron chi connectivity index (χ2n) is 12.7. The van der Waals surface area contributed by atoms with E-state index in [1.54, 1.807) is 24.3 Å². The number of allylic oxidation sites excluding steroid dienone is 6. The van der Waals surface area contributed by atoms with E-state index in [9.17, 15) is 14.2 Å². The van der Waals surface area contributed by atoms with Crippen molar-refractivity contribution in [1.82, 2.24) is 0 Å². The molecular weight excluding hydrogens is 627 g/mol. The molecule has 0 aromatic heterocycles. The molecule has 2 N–H and O–H groups in total. The molecule has 0 fully saturated rings. The molecule has 8 nitrogen and oxygen atoms in total. The molecule has 0 aromatic rings. The first-order valence-electron chi connectivity index (χ1n) is 19.0. The van der Waals surface area contributed by atoms with Crippen LogP contribution >= 0.6 is 7.82 Å². The van der Waals surface area contributed by atoms with E-state index in [1.807, 2.05) is 12.2 Å². The van der Waals surface area contributed by atoms with Crippen LogP contribution in [0.1, 0.15) is 168 Å². The zero-order valence-electron chi connectivity index (χ0n) is 30.4. The van der Waals surface area contributed by atoms with Crippen LogP contribution in [0.5, 0.6) is 0 Å². The van der Waals surface area contributed by atoms with Crippen LogP contribution in [0.4, 0.5) is 0 Å². The van der Waals surface area contributed by atoms with Crippen LogP contribution in [0.15, 0.2) is 48.6 Å². The average molecular weight is 697 g/mol. The fourth-order valence-electron chi connectivity index (χ4n) is 5.19. The molecule has 0 aliphatic rings. The van der Waals surface area contributed by atoms with E-state index in [1.165, 1.54) is 141 Å². The predicted octanol–water partition coefficient (Wildman–Crippen LogP) is 11.2. The zero-order valence-corrected chi connectivity index (χ0v) is 31.3. The summed E-state index contributed by atoms with van der Waals surface area (Å²) in [5.74, 6) is -1.39. The van der Waals surface area contributed by atoms with Gasteiger partial charge < -0.3 is 19.3 Å². The Labute approximate surface area is 293 Å². The lowest BCUT2D eigenvalue weighted by atomic mass is 10.1. The predicted molar refractivity (Wildman–Crippen MR) is 198 cm³/mol. The standard InChI is InChI=1S/C39H69O8P/c1-3-5-7-9-11-13-15-17-19-21-23-25-27-29-31-33-38(40)45-35-37(36-46-48(42,43)44)47-39(41)34-32-30-28-26-24-22-20-18-16-14-12-10-8-6-4-2/h27-34,37H,3-26,35-36H2,1-2H3,(H2,42,43,44)/b29-27+,30-28+,33-31+,34-32+/t37-/m1/s1. The Kier molecular flexibility index (Phi) is 33.4. The molecule has 0 bridgehead atoms. The summed E-state index contributed by atoms with van der Waals surface area (Å²) in [5.41, 5.74) is 0. The summed E-state index contributed by atoms with van der Waals surface area (Å²) >= 11 is 0. The Balaban J connectivity index is 4.17. The van der Waals surface area contributed by atoms with Gasteiger partial charge in [0.1, 0.15) is 6.61 Å². The maximum atomic E-state index is 12.2. The number of ether oxygens (including phenoxy) is 2. The van der Waals surface area contributed by atoms with E-state index < -0.39 is 39.1 Å². The highest BCUT2D eigenvalue weighted by atomic mass is 31.2. The summed E-state index contributed by atoms with van der Waals surface area (Å²) < 4.78 is 25.9. The van der Waals surface area contributed by atoms with Gasteiger partial charge in [0.25, 0.3) is 0 Å². The Morgan fingerprint density at radius 3 is 1.31 bits per heavy atom. The van der Waals surface area contributed by atoms with E-state index in [-0.39, 0.29) is 0 Å². The van der Waals surface area contributed by atoms with Gasteiger partial charge in [-0.15, -0.1) is 0 Å². The normalized spacial score (nSPS) is 13.0. The van der Waals surface area contributed by atoms with Gasteiger partial charge in [0.15, 0.2) is 6.10 Å². The minimum Gasteiger partial charge on any atom is -0.458 e. The van der Waals surface area contributed by atoms with Crippen LogP contribution < -0.4 is 0 Å². The molecule has 48 heavy (non-hydrogen) atoms. The molecule has 0 spiro atoms. The van der Waals surface area contributed by atoms with Gasteiger partial charge in [-0.3, -0.25) is 4.52 Å². The molecule has 0 aliphatic carbocycles. The zero-order chi connectivity index (χ0) is 35.4. The van der Waals surface area contributed by atoms with E-state index in [4.69, 9.17) is 19.3 Å². The maximum absolute atomic E-state index is 12.2. The summed E-state index contributed by atoms with van der Waals surface area (Å²) in [6.07, 6.45) is 42.4. The highest BCUT2D eigenvalue weighted by Gasteiger charge is 2.22. The third kappa shape index (κ3) is 36.8. The first-order valence-corrected chi connectivity index (χ1v) is 20.5. The molecule has 0 radical (unpaired) electrons. The summed E-state index contributed by atoms with van der Waals surface area (Å²) in [6, 6.07) is 0. The van der Waals surface area contributed by atoms with Crippen molar-refractivity contribution in [2.24, 2.45) is 0 Å². The number of carbonyl (C=O) groups excluding carboxylic acids is 2. The van der Waals surface area contributed by atoms with Crippen molar-refractivity contribution in [3.05, 3.63) is 48.6 Å². The van der Waals surface area contributed by atoms with Crippen molar-refractivity contribution in [1.29, 1.82) is 0 Å². The lowest BCUT2D eigenvalue weighted by molar-refractivity contribution is -0.154. The molecule has 0 heterocycles. The Hall–Kier alpha value is -1.99. The first-order chi connectivity index (χ1) is 23.3. The van der Waals surface area contributed by atoms with E-state index >= 15 is 0 Å². The maximum Gasteiger partial charge on any atom is 0.469 e. The number of rotatable bonds is 34. The second-order valence-corrected chi connectivity index (χ2v) is 13.9. The minimum absolute atomic E-state index is 0.403. The fourth-order valence-corrected chi connectivity index (χ4v) is 5.55. The van der Waals surface area contributed by atoms with Gasteiger partial charge in [-0.1, -0.05) is 179 Å². The van der Waals surface area contributed by atoms with Crippen molar-refractivity contribution in [2.45, 2.75) is 174 Å². The van der Waals surface area contributed by atoms with Crippen LogP contribution in [-0.4, -0.2) is 41.0 Å². The van der Waals surface area contributed by atoms with Crippen LogP contribution in [0.3, 0.4) is 0 Å². The highest BCUT2D eigenvalue weighted by molar-refractivity contribution is 7.46. The van der Waals surface area contributed by atoms with E-state index in [0.29, 0.717) is 0 Å². The average Bonchev–Trinajstić information content (AvgIpc) is 3.05. The third-order valence-electron chi connectivity index (χ3n) is 8.03. The molecule has 0 aliphatic heterocycles. The van der Waals surface area contributed by atoms with Crippen molar-refractivity contribution in [3.8, 4) is 0 Å². The molecule has 0 rings (SSSR count). The molecule has 278 valence electrons. The summed E-state index contributed by atoms with van der Waals surface area (Å²) in [6.45, 7) is 3.47. The lowest BCUT2D eigenvalue weighted by Gasteiger charge is -2.17. The number of phosphoric acid groups is 1. The summed E-state index contributed by atoms with van der Waals surface area (Å²) in [4.78, 5) is 42.4. The first kappa shape index (κ1) is 46.0. The smallest absolute Gasteiger partial charge is 0.458 e. The highest BCUT2D eigenvalue weighted by Crippen LogP contribution is 2.35. The number of phosphoric ester groups is 1. The van der Waals surface area contributed by atoms with Crippen molar-refractivity contribution >= 4 is 19.8 Å². The van der Waals surface area contributed by atoms with E-state index in [0.717, 1.165) is 25.7 Å². The van der Waals surface area contributed by atoms with Gasteiger partial charge in [-0.2, -0.15) is 0 Å². The molecule has 0 saturated carbocycles. The third-order valence-corrected chi connectivity index (χ3v) is 8.52. The van der Waals surface area contributed by atoms with Gasteiger partial charge in [-0.25, -0.2) is 14.2 Å². The number of hydrogen-bond donors (Lipinski definition) is 2. The Morgan fingerprint density at radius 2 is 0.917 bits per heavy atom. The monoisotopic (exact) mass is 696 g/mol. The number of carbonyl (C=O) groups is 2. The van der Waals surface area contributed by atoms with Crippen LogP contribution in [0, 0.1) is 0 Å². The van der Waals surface area contributed by atoms with Crippen molar-refractivity contribution in [2.75, 3.05) is 13.2 Å². The van der Waals surface area contributed by atoms with Crippen LogP contribution in [0.25, 0.3) is 0 Å². The molecule has 9 heteroatoms. The Morgan fingerprint density at radius 1 is 0.542 bits per heavy atom. The van der Waals surface area contributed by atoms with Gasteiger partial charge in [0.05, 0.1) is 6.61 Å². The quantitative estimate of drug-likeness (QED) is 0.0224. The largest absolute Gasteiger partial charge is 0.469 e. The number of esters is 2. The van der Waals surface area contributed by atoms with E-state index in [2.05, 4.69) is 18.4 Å². The molecule has 0 aromatic carbocycles. The van der Waals surface area contributed by atoms with Gasteiger partial charge >= 0.3 is 19.8 Å². The Bertz CT molecular complexity index is 921. The number of hydrogen-bond acceptors (Lipinski definition) is 6. The van der Waals surface area contributed by atoms with Gasteiger partial charge in [-0.05, 0) is 25.7 Å². The summed E-state index contributed by atoms with van der Waals surface area (Å²) in [7, 11) is -4.79. The molecule has 1 atom stereocenters. The van der Waals surface area contributed by atoms with Gasteiger partial charge in [0, 0.05) is 12.2 Å². The lowest BCUT2D eigenvalue weighted by Crippen LogP contribution is -2.28. The SMILES string of the molecule is CCCCCCCCCCCCC/C=C/C=C/C(=O)OC[C@H](COP(=O)(O)O)OC(=O)/C=C/C=C/CCCCCCCCCCCCC. The molecule has 0 amide bonds. The number of unbranched alkanes of at least 4 members (excludes halogenated alkanes) is 22. The minimum atomic E-state index is -4.79. The van der Waals surface area contributed by atoms with Crippen molar-refractivity contribution in [3.63, 3.8) is 0 Å². The fraction of sp³-hybridized carbons (Fsp3) is 0.744. The molecule has 0 saturated heterocycles. The topological polar surface area (TPSA) is 119 Å². The second kappa shape index (κ2) is 34.9. The molecule has 0 unspecified atom stereocenters. The molecular formula is C39H69O8P. The van der Waals surface area contributed by atoms with Crippen LogP contribution in [0.2, 0.25) is 0 Å². The van der Waals surface area contributed by atoms with Gasteiger partial charge in [0.2, 0.25) is 0 Å².